The van der Waals surface area contributed by atoms with E-state index in [2.05, 4.69) is 21.2 Å². The number of carbonyl (C=O) groups is 4. The van der Waals surface area contributed by atoms with Crippen molar-refractivity contribution in [2.75, 3.05) is 13.2 Å². The van der Waals surface area contributed by atoms with Gasteiger partial charge in [0.2, 0.25) is 0 Å². The van der Waals surface area contributed by atoms with Crippen molar-refractivity contribution >= 4 is 45.8 Å². The number of rotatable bonds is 12. The predicted molar refractivity (Wildman–Crippen MR) is 157 cm³/mol. The van der Waals surface area contributed by atoms with Crippen LogP contribution in [0.3, 0.4) is 0 Å². The largest absolute Gasteiger partial charge is 0.490 e. The highest BCUT2D eigenvalue weighted by molar-refractivity contribution is 9.10. The van der Waals surface area contributed by atoms with Crippen LogP contribution in [0.5, 0.6) is 17.2 Å². The van der Waals surface area contributed by atoms with Crippen LogP contribution in [0.4, 0.5) is 4.79 Å². The molecule has 42 heavy (non-hydrogen) atoms. The zero-order valence-corrected chi connectivity index (χ0v) is 24.6. The van der Waals surface area contributed by atoms with Gasteiger partial charge in [0.15, 0.2) is 11.5 Å². The zero-order chi connectivity index (χ0) is 30.2. The molecule has 10 nitrogen and oxygen atoms in total. The lowest BCUT2D eigenvalue weighted by Crippen LogP contribution is -2.53. The predicted octanol–water partition coefficient (Wildman–Crippen LogP) is 5.58. The van der Waals surface area contributed by atoms with Gasteiger partial charge in [-0.3, -0.25) is 19.8 Å². The molecule has 4 rings (SSSR count). The number of imide groups is 2. The third-order valence-corrected chi connectivity index (χ3v) is 6.78. The minimum absolute atomic E-state index is 0.0761. The van der Waals surface area contributed by atoms with E-state index in [1.807, 2.05) is 13.8 Å². The average molecular weight is 637 g/mol. The fourth-order valence-corrected chi connectivity index (χ4v) is 4.58. The lowest BCUT2D eigenvalue weighted by Gasteiger charge is -2.26. The van der Waals surface area contributed by atoms with Gasteiger partial charge in [0, 0.05) is 0 Å². The van der Waals surface area contributed by atoms with Crippen LogP contribution in [0, 0.1) is 0 Å². The second-order valence-corrected chi connectivity index (χ2v) is 10.1. The molecular formula is C31H29BrN2O8. The molecule has 1 fully saturated rings. The van der Waals surface area contributed by atoms with Crippen LogP contribution in [0.1, 0.15) is 47.3 Å². The van der Waals surface area contributed by atoms with Crippen LogP contribution in [0.25, 0.3) is 6.08 Å². The van der Waals surface area contributed by atoms with Gasteiger partial charge in [-0.1, -0.05) is 31.2 Å². The van der Waals surface area contributed by atoms with Gasteiger partial charge in [-0.15, -0.1) is 0 Å². The van der Waals surface area contributed by atoms with E-state index in [9.17, 15) is 19.2 Å². The molecule has 0 atom stereocenters. The summed E-state index contributed by atoms with van der Waals surface area (Å²) < 4.78 is 17.8. The Morgan fingerprint density at radius 3 is 2.29 bits per heavy atom. The molecule has 0 spiro atoms. The van der Waals surface area contributed by atoms with Crippen molar-refractivity contribution < 1.29 is 38.5 Å². The molecule has 218 valence electrons. The first-order valence-corrected chi connectivity index (χ1v) is 14.0. The van der Waals surface area contributed by atoms with E-state index in [1.54, 1.807) is 48.5 Å². The number of amides is 4. The second kappa shape index (κ2) is 13.8. The van der Waals surface area contributed by atoms with Gasteiger partial charge in [0.05, 0.1) is 29.8 Å². The Balaban J connectivity index is 1.49. The highest BCUT2D eigenvalue weighted by atomic mass is 79.9. The van der Waals surface area contributed by atoms with Crippen molar-refractivity contribution in [2.24, 2.45) is 0 Å². The van der Waals surface area contributed by atoms with Gasteiger partial charge in [-0.05, 0) is 88.4 Å². The molecule has 0 saturated carbocycles. The molecule has 0 aliphatic carbocycles. The number of ether oxygens (including phenoxy) is 3. The van der Waals surface area contributed by atoms with E-state index in [1.165, 1.54) is 18.2 Å². The van der Waals surface area contributed by atoms with Gasteiger partial charge in [-0.2, -0.15) is 0 Å². The Morgan fingerprint density at radius 1 is 0.905 bits per heavy atom. The van der Waals surface area contributed by atoms with E-state index in [4.69, 9.17) is 19.3 Å². The van der Waals surface area contributed by atoms with Crippen LogP contribution < -0.4 is 19.5 Å². The summed E-state index contributed by atoms with van der Waals surface area (Å²) in [6, 6.07) is 15.7. The summed E-state index contributed by atoms with van der Waals surface area (Å²) in [7, 11) is 0. The number of barbiturate groups is 1. The number of hydrogen-bond acceptors (Lipinski definition) is 7. The van der Waals surface area contributed by atoms with E-state index < -0.39 is 23.8 Å². The van der Waals surface area contributed by atoms with E-state index in [0.717, 1.165) is 16.9 Å². The fraction of sp³-hybridized carbons (Fsp3) is 0.226. The summed E-state index contributed by atoms with van der Waals surface area (Å²) in [5.74, 6) is -0.941. The second-order valence-electron chi connectivity index (χ2n) is 9.25. The van der Waals surface area contributed by atoms with Crippen molar-refractivity contribution in [3.8, 4) is 17.2 Å². The molecule has 0 unspecified atom stereocenters. The quantitative estimate of drug-likeness (QED) is 0.195. The van der Waals surface area contributed by atoms with Gasteiger partial charge < -0.3 is 19.3 Å². The van der Waals surface area contributed by atoms with E-state index >= 15 is 0 Å². The molecule has 1 aliphatic rings. The molecule has 0 radical (unpaired) electrons. The number of carboxylic acid groups (broad SMARTS) is 1. The molecule has 1 saturated heterocycles. The Bertz CT molecular complexity index is 1530. The zero-order valence-electron chi connectivity index (χ0n) is 23.0. The number of nitrogens with one attached hydrogen (secondary N) is 1. The number of urea groups is 1. The minimum Gasteiger partial charge on any atom is -0.490 e. The number of nitrogens with zero attached hydrogens (tertiary/aromatic N) is 1. The van der Waals surface area contributed by atoms with Gasteiger partial charge in [0.1, 0.15) is 17.9 Å². The summed E-state index contributed by atoms with van der Waals surface area (Å²) in [5.41, 5.74) is 1.93. The Morgan fingerprint density at radius 2 is 1.62 bits per heavy atom. The lowest BCUT2D eigenvalue weighted by molar-refractivity contribution is -0.130. The van der Waals surface area contributed by atoms with Crippen molar-refractivity contribution in [1.82, 2.24) is 10.2 Å². The number of benzene rings is 3. The maximum Gasteiger partial charge on any atom is 0.335 e. The van der Waals surface area contributed by atoms with E-state index in [0.29, 0.717) is 46.1 Å². The maximum absolute atomic E-state index is 13.3. The molecule has 3 aromatic rings. The molecule has 0 bridgehead atoms. The van der Waals surface area contributed by atoms with E-state index in [-0.39, 0.29) is 24.3 Å². The summed E-state index contributed by atoms with van der Waals surface area (Å²) in [6.45, 7) is 4.90. The number of carboxylic acids is 1. The molecule has 11 heteroatoms. The van der Waals surface area contributed by atoms with Gasteiger partial charge >= 0.3 is 12.0 Å². The Labute approximate surface area is 251 Å². The maximum atomic E-state index is 13.3. The average Bonchev–Trinajstić information content (AvgIpc) is 2.97. The highest BCUT2D eigenvalue weighted by Crippen LogP contribution is 2.31. The molecule has 2 N–H and O–H groups in total. The molecule has 3 aromatic carbocycles. The number of hydrogen-bond donors (Lipinski definition) is 2. The van der Waals surface area contributed by atoms with Crippen molar-refractivity contribution in [3.63, 3.8) is 0 Å². The van der Waals surface area contributed by atoms with Gasteiger partial charge in [0.25, 0.3) is 11.8 Å². The van der Waals surface area contributed by atoms with Crippen LogP contribution in [0.15, 0.2) is 70.7 Å². The molecular weight excluding hydrogens is 608 g/mol. The normalized spacial score (nSPS) is 14.1. The molecule has 4 amide bonds. The number of halogens is 1. The van der Waals surface area contributed by atoms with Crippen molar-refractivity contribution in [1.29, 1.82) is 0 Å². The first-order valence-electron chi connectivity index (χ1n) is 13.2. The summed E-state index contributed by atoms with van der Waals surface area (Å²) in [6.07, 6.45) is 2.24. The summed E-state index contributed by atoms with van der Waals surface area (Å²) in [4.78, 5) is 50.5. The molecule has 1 aliphatic heterocycles. The number of carbonyl (C=O) groups excluding carboxylic acids is 3. The molecule has 1 heterocycles. The smallest absolute Gasteiger partial charge is 0.335 e. The third kappa shape index (κ3) is 7.35. The van der Waals surface area contributed by atoms with Crippen molar-refractivity contribution in [2.45, 2.75) is 33.4 Å². The van der Waals surface area contributed by atoms with Crippen molar-refractivity contribution in [3.05, 3.63) is 93.0 Å². The monoisotopic (exact) mass is 636 g/mol. The Kier molecular flexibility index (Phi) is 9.98. The summed E-state index contributed by atoms with van der Waals surface area (Å²) >= 11 is 3.45. The van der Waals surface area contributed by atoms with Crippen LogP contribution >= 0.6 is 15.9 Å². The van der Waals surface area contributed by atoms with Gasteiger partial charge in [-0.25, -0.2) is 9.59 Å². The summed E-state index contributed by atoms with van der Waals surface area (Å²) in [5, 5.41) is 11.3. The minimum atomic E-state index is -1.00. The highest BCUT2D eigenvalue weighted by Gasteiger charge is 2.35. The standard InChI is InChI=1S/C31H29BrN2O8/c1-3-13-41-26-12-8-21(16-27(26)40-4-2)17-34-29(36)23(28(35)33-31(34)39)14-20-7-11-25(24(32)15-20)42-18-19-5-9-22(10-6-19)30(37)38/h5-12,14-16H,3-4,13,17-18H2,1-2H3,(H,37,38)(H,33,35,39)/b23-14+. The first kappa shape index (κ1) is 30.3. The lowest BCUT2D eigenvalue weighted by atomic mass is 10.1. The van der Waals surface area contributed by atoms with Crippen LogP contribution in [-0.2, 0) is 22.7 Å². The van der Waals surface area contributed by atoms with Crippen LogP contribution in [-0.4, -0.2) is 47.0 Å². The molecule has 0 aromatic heterocycles. The SMILES string of the molecule is CCCOc1ccc(CN2C(=O)NC(=O)/C(=C\c3ccc(OCc4ccc(C(=O)O)cc4)c(Br)c3)C2=O)cc1OCC. The topological polar surface area (TPSA) is 131 Å². The first-order chi connectivity index (χ1) is 20.2. The third-order valence-electron chi connectivity index (χ3n) is 6.16. The number of aromatic carboxylic acids is 1. The Hall–Kier alpha value is -4.64. The van der Waals surface area contributed by atoms with Crippen LogP contribution in [0.2, 0.25) is 0 Å². The fourth-order valence-electron chi connectivity index (χ4n) is 4.07.